The second-order valence-electron chi connectivity index (χ2n) is 6.19. The van der Waals surface area contributed by atoms with Crippen molar-refractivity contribution in [2.45, 2.75) is 66.2 Å². The second-order valence-corrected chi connectivity index (χ2v) is 6.19. The summed E-state index contributed by atoms with van der Waals surface area (Å²) in [6.45, 7) is 8.92. The summed E-state index contributed by atoms with van der Waals surface area (Å²) in [6.07, 6.45) is 6.77. The lowest BCUT2D eigenvalue weighted by Crippen LogP contribution is -2.34. The molecule has 1 fully saturated rings. The Kier molecular flexibility index (Phi) is 4.36. The van der Waals surface area contributed by atoms with Gasteiger partial charge in [0.25, 0.3) is 0 Å². The van der Waals surface area contributed by atoms with Crippen LogP contribution in [0.3, 0.4) is 0 Å². The van der Waals surface area contributed by atoms with Crippen LogP contribution in [0.1, 0.15) is 66.2 Å². The predicted octanol–water partition coefficient (Wildman–Crippen LogP) is 4.21. The topological polar surface area (TPSA) is 17.1 Å². The molecule has 15 heavy (non-hydrogen) atoms. The number of hydrogen-bond acceptors (Lipinski definition) is 1. The number of rotatable bonds is 4. The van der Waals surface area contributed by atoms with E-state index in [1.165, 1.54) is 19.3 Å². The molecule has 0 aromatic carbocycles. The molecule has 0 aliphatic heterocycles. The van der Waals surface area contributed by atoms with Gasteiger partial charge in [-0.05, 0) is 30.6 Å². The zero-order valence-corrected chi connectivity index (χ0v) is 10.8. The van der Waals surface area contributed by atoms with E-state index < -0.39 is 0 Å². The fourth-order valence-corrected chi connectivity index (χ4v) is 2.70. The minimum Gasteiger partial charge on any atom is -0.299 e. The SMILES string of the molecule is CC(C)CCC(=O)C1CCCCC1(C)C. The molecule has 0 bridgehead atoms. The summed E-state index contributed by atoms with van der Waals surface area (Å²) in [6, 6.07) is 0. The third kappa shape index (κ3) is 3.62. The van der Waals surface area contributed by atoms with E-state index >= 15 is 0 Å². The molecule has 0 radical (unpaired) electrons. The lowest BCUT2D eigenvalue weighted by molar-refractivity contribution is -0.128. The van der Waals surface area contributed by atoms with Crippen LogP contribution in [0.5, 0.6) is 0 Å². The second kappa shape index (κ2) is 5.14. The van der Waals surface area contributed by atoms with Gasteiger partial charge in [-0.1, -0.05) is 40.5 Å². The minimum absolute atomic E-state index is 0.256. The van der Waals surface area contributed by atoms with E-state index in [9.17, 15) is 4.79 Å². The molecular formula is C14H26O. The van der Waals surface area contributed by atoms with Crippen LogP contribution in [0.15, 0.2) is 0 Å². The molecule has 0 N–H and O–H groups in total. The molecule has 1 nitrogen and oxygen atoms in total. The van der Waals surface area contributed by atoms with Gasteiger partial charge in [0.15, 0.2) is 0 Å². The van der Waals surface area contributed by atoms with Gasteiger partial charge < -0.3 is 0 Å². The molecule has 88 valence electrons. The van der Waals surface area contributed by atoms with Gasteiger partial charge in [-0.15, -0.1) is 0 Å². The molecule has 1 saturated carbocycles. The van der Waals surface area contributed by atoms with Crippen LogP contribution in [0, 0.1) is 17.3 Å². The average molecular weight is 210 g/mol. The van der Waals surface area contributed by atoms with E-state index in [2.05, 4.69) is 27.7 Å². The van der Waals surface area contributed by atoms with E-state index in [4.69, 9.17) is 0 Å². The maximum absolute atomic E-state index is 12.1. The van der Waals surface area contributed by atoms with E-state index in [1.54, 1.807) is 0 Å². The fraction of sp³-hybridized carbons (Fsp3) is 0.929. The maximum Gasteiger partial charge on any atom is 0.136 e. The largest absolute Gasteiger partial charge is 0.299 e. The Morgan fingerprint density at radius 3 is 2.53 bits per heavy atom. The molecule has 0 amide bonds. The summed E-state index contributed by atoms with van der Waals surface area (Å²) >= 11 is 0. The van der Waals surface area contributed by atoms with Gasteiger partial charge in [-0.25, -0.2) is 0 Å². The minimum atomic E-state index is 0.256. The first-order valence-electron chi connectivity index (χ1n) is 6.46. The summed E-state index contributed by atoms with van der Waals surface area (Å²) in [5.74, 6) is 1.51. The van der Waals surface area contributed by atoms with Crippen molar-refractivity contribution in [3.05, 3.63) is 0 Å². The Hall–Kier alpha value is -0.330. The van der Waals surface area contributed by atoms with Crippen molar-refractivity contribution in [1.29, 1.82) is 0 Å². The van der Waals surface area contributed by atoms with E-state index in [0.29, 0.717) is 17.6 Å². The van der Waals surface area contributed by atoms with E-state index in [0.717, 1.165) is 19.3 Å². The third-order valence-electron chi connectivity index (χ3n) is 3.86. The number of carbonyl (C=O) groups is 1. The Labute approximate surface area is 94.6 Å². The molecule has 0 saturated heterocycles. The summed E-state index contributed by atoms with van der Waals surface area (Å²) < 4.78 is 0. The first-order chi connectivity index (χ1) is 6.93. The molecule has 1 heteroatoms. The van der Waals surface area contributed by atoms with Crippen LogP contribution in [0.4, 0.5) is 0 Å². The summed E-state index contributed by atoms with van der Waals surface area (Å²) in [4.78, 5) is 12.1. The standard InChI is InChI=1S/C14H26O/c1-11(2)8-9-13(15)12-7-5-6-10-14(12,3)4/h11-12H,5-10H2,1-4H3. The van der Waals surface area contributed by atoms with Crippen LogP contribution < -0.4 is 0 Å². The highest BCUT2D eigenvalue weighted by Crippen LogP contribution is 2.41. The van der Waals surface area contributed by atoms with Crippen molar-refractivity contribution in [3.8, 4) is 0 Å². The van der Waals surface area contributed by atoms with Gasteiger partial charge in [-0.3, -0.25) is 4.79 Å². The van der Waals surface area contributed by atoms with Crippen molar-refractivity contribution >= 4 is 5.78 Å². The molecule has 1 aliphatic carbocycles. The molecule has 1 atom stereocenters. The summed E-state index contributed by atoms with van der Waals surface area (Å²) in [5.41, 5.74) is 0.256. The molecule has 0 heterocycles. The molecular weight excluding hydrogens is 184 g/mol. The zero-order valence-electron chi connectivity index (χ0n) is 10.8. The number of ketones is 1. The lowest BCUT2D eigenvalue weighted by Gasteiger charge is -2.37. The first-order valence-corrected chi connectivity index (χ1v) is 6.46. The number of hydrogen-bond donors (Lipinski definition) is 0. The maximum atomic E-state index is 12.1. The molecule has 1 rings (SSSR count). The van der Waals surface area contributed by atoms with Crippen molar-refractivity contribution in [1.82, 2.24) is 0 Å². The van der Waals surface area contributed by atoms with Gasteiger partial charge in [0.05, 0.1) is 0 Å². The van der Waals surface area contributed by atoms with Gasteiger partial charge in [0.1, 0.15) is 5.78 Å². The zero-order chi connectivity index (χ0) is 11.5. The predicted molar refractivity (Wildman–Crippen MR) is 64.8 cm³/mol. The van der Waals surface area contributed by atoms with Crippen LogP contribution >= 0.6 is 0 Å². The average Bonchev–Trinajstić information content (AvgIpc) is 2.13. The van der Waals surface area contributed by atoms with E-state index in [-0.39, 0.29) is 5.41 Å². The molecule has 1 aliphatic rings. The van der Waals surface area contributed by atoms with E-state index in [1.807, 2.05) is 0 Å². The fourth-order valence-electron chi connectivity index (χ4n) is 2.70. The monoisotopic (exact) mass is 210 g/mol. The van der Waals surface area contributed by atoms with Crippen LogP contribution in [0.25, 0.3) is 0 Å². The number of Topliss-reactive ketones (excluding diaryl/α,β-unsaturated/α-hetero) is 1. The van der Waals surface area contributed by atoms with Crippen LogP contribution in [-0.2, 0) is 4.79 Å². The highest BCUT2D eigenvalue weighted by atomic mass is 16.1. The van der Waals surface area contributed by atoms with Crippen molar-refractivity contribution in [3.63, 3.8) is 0 Å². The quantitative estimate of drug-likeness (QED) is 0.679. The molecule has 0 aromatic heterocycles. The summed E-state index contributed by atoms with van der Waals surface area (Å²) in [5, 5.41) is 0. The first kappa shape index (κ1) is 12.7. The normalized spacial score (nSPS) is 25.5. The Balaban J connectivity index is 2.49. The molecule has 0 aromatic rings. The Morgan fingerprint density at radius 1 is 1.33 bits per heavy atom. The smallest absolute Gasteiger partial charge is 0.136 e. The highest BCUT2D eigenvalue weighted by molar-refractivity contribution is 5.81. The van der Waals surface area contributed by atoms with Crippen molar-refractivity contribution in [2.75, 3.05) is 0 Å². The number of carbonyl (C=O) groups excluding carboxylic acids is 1. The third-order valence-corrected chi connectivity index (χ3v) is 3.86. The van der Waals surface area contributed by atoms with Crippen molar-refractivity contribution < 1.29 is 4.79 Å². The molecule has 0 spiro atoms. The van der Waals surface area contributed by atoms with Gasteiger partial charge in [0.2, 0.25) is 0 Å². The Morgan fingerprint density at radius 2 is 2.00 bits per heavy atom. The van der Waals surface area contributed by atoms with Gasteiger partial charge in [-0.2, -0.15) is 0 Å². The van der Waals surface area contributed by atoms with Gasteiger partial charge >= 0.3 is 0 Å². The van der Waals surface area contributed by atoms with Crippen molar-refractivity contribution in [2.24, 2.45) is 17.3 Å². The highest BCUT2D eigenvalue weighted by Gasteiger charge is 2.36. The summed E-state index contributed by atoms with van der Waals surface area (Å²) in [7, 11) is 0. The van der Waals surface area contributed by atoms with Gasteiger partial charge in [0, 0.05) is 12.3 Å². The lowest BCUT2D eigenvalue weighted by atomic mass is 9.66. The van der Waals surface area contributed by atoms with Crippen LogP contribution in [0.2, 0.25) is 0 Å². The molecule has 1 unspecified atom stereocenters. The van der Waals surface area contributed by atoms with Crippen LogP contribution in [-0.4, -0.2) is 5.78 Å². The Bertz CT molecular complexity index is 215.